The second kappa shape index (κ2) is 9.52. The van der Waals surface area contributed by atoms with Crippen LogP contribution in [0.5, 0.6) is 5.75 Å². The van der Waals surface area contributed by atoms with Crippen LogP contribution in [-0.4, -0.2) is 28.0 Å². The van der Waals surface area contributed by atoms with Crippen molar-refractivity contribution in [1.29, 1.82) is 0 Å². The third-order valence-electron chi connectivity index (χ3n) is 4.43. The molecule has 7 heteroatoms. The van der Waals surface area contributed by atoms with Crippen molar-refractivity contribution in [1.82, 2.24) is 10.3 Å². The van der Waals surface area contributed by atoms with Gasteiger partial charge in [0.1, 0.15) is 17.3 Å². The summed E-state index contributed by atoms with van der Waals surface area (Å²) < 4.78 is 23.2. The summed E-state index contributed by atoms with van der Waals surface area (Å²) in [4.78, 5) is 16.6. The van der Waals surface area contributed by atoms with E-state index in [1.54, 1.807) is 14.0 Å². The molecular formula is C22H24N2O4S. The highest BCUT2D eigenvalue weighted by Crippen LogP contribution is 2.23. The molecule has 1 N–H and O–H groups in total. The van der Waals surface area contributed by atoms with Gasteiger partial charge in [0.2, 0.25) is 11.8 Å². The lowest BCUT2D eigenvalue weighted by Gasteiger charge is -2.06. The molecule has 0 aliphatic rings. The number of amides is 1. The number of carbonyl (C=O) groups is 1. The normalized spacial score (nSPS) is 11.8. The van der Waals surface area contributed by atoms with Crippen molar-refractivity contribution in [3.8, 4) is 17.2 Å². The quantitative estimate of drug-likeness (QED) is 0.612. The smallest absolute Gasteiger partial charge is 0.232 e. The molecule has 0 bridgehead atoms. The summed E-state index contributed by atoms with van der Waals surface area (Å²) in [6.07, 6.45) is 0. The van der Waals surface area contributed by atoms with Crippen LogP contribution in [0.25, 0.3) is 11.5 Å². The first kappa shape index (κ1) is 20.8. The molecule has 0 aliphatic heterocycles. The first-order valence-electron chi connectivity index (χ1n) is 9.22. The van der Waals surface area contributed by atoms with Crippen molar-refractivity contribution >= 4 is 16.7 Å². The highest BCUT2D eigenvalue weighted by atomic mass is 32.2. The fourth-order valence-corrected chi connectivity index (χ4v) is 3.80. The molecule has 0 fully saturated rings. The molecule has 0 spiro atoms. The van der Waals surface area contributed by atoms with Gasteiger partial charge in [-0.3, -0.25) is 9.00 Å². The van der Waals surface area contributed by atoms with Gasteiger partial charge < -0.3 is 14.5 Å². The van der Waals surface area contributed by atoms with E-state index in [0.717, 1.165) is 22.4 Å². The minimum atomic E-state index is -1.38. The Morgan fingerprint density at radius 2 is 1.79 bits per heavy atom. The summed E-state index contributed by atoms with van der Waals surface area (Å²) >= 11 is 0. The number of benzene rings is 2. The van der Waals surface area contributed by atoms with Gasteiger partial charge in [-0.2, -0.15) is 0 Å². The Bertz CT molecular complexity index is 995. The summed E-state index contributed by atoms with van der Waals surface area (Å²) in [7, 11) is 0.228. The predicted molar refractivity (Wildman–Crippen MR) is 113 cm³/mol. The van der Waals surface area contributed by atoms with Crippen LogP contribution in [0.4, 0.5) is 0 Å². The van der Waals surface area contributed by atoms with Crippen LogP contribution < -0.4 is 10.1 Å². The van der Waals surface area contributed by atoms with E-state index in [9.17, 15) is 9.00 Å². The lowest BCUT2D eigenvalue weighted by molar-refractivity contribution is -0.118. The molecule has 0 unspecified atom stereocenters. The maximum Gasteiger partial charge on any atom is 0.232 e. The van der Waals surface area contributed by atoms with Crippen LogP contribution in [0.15, 0.2) is 52.9 Å². The van der Waals surface area contributed by atoms with Gasteiger partial charge in [-0.1, -0.05) is 29.8 Å². The van der Waals surface area contributed by atoms with Crippen molar-refractivity contribution in [3.63, 3.8) is 0 Å². The Labute approximate surface area is 172 Å². The summed E-state index contributed by atoms with van der Waals surface area (Å²) in [5.74, 6) is 1.71. The number of hydrogen-bond donors (Lipinski definition) is 1. The molecule has 1 heterocycles. The molecule has 152 valence electrons. The number of hydrogen-bond acceptors (Lipinski definition) is 5. The Morgan fingerprint density at radius 3 is 2.45 bits per heavy atom. The topological polar surface area (TPSA) is 81.4 Å². The van der Waals surface area contributed by atoms with Crippen molar-refractivity contribution in [3.05, 3.63) is 71.1 Å². The van der Waals surface area contributed by atoms with Gasteiger partial charge in [-0.15, -0.1) is 0 Å². The summed E-state index contributed by atoms with van der Waals surface area (Å²) in [5.41, 5.74) is 3.58. The van der Waals surface area contributed by atoms with E-state index in [1.807, 2.05) is 55.5 Å². The summed E-state index contributed by atoms with van der Waals surface area (Å²) in [6, 6.07) is 15.3. The number of aryl methyl sites for hydroxylation is 2. The molecule has 3 rings (SSSR count). The largest absolute Gasteiger partial charge is 0.497 e. The van der Waals surface area contributed by atoms with E-state index in [4.69, 9.17) is 9.15 Å². The average Bonchev–Trinajstić information content (AvgIpc) is 3.07. The second-order valence-corrected chi connectivity index (χ2v) is 8.20. The minimum Gasteiger partial charge on any atom is -0.497 e. The Morgan fingerprint density at radius 1 is 1.10 bits per heavy atom. The number of oxazole rings is 1. The zero-order valence-electron chi connectivity index (χ0n) is 16.7. The molecule has 1 amide bonds. The summed E-state index contributed by atoms with van der Waals surface area (Å²) in [6.45, 7) is 4.18. The van der Waals surface area contributed by atoms with Gasteiger partial charge in [-0.25, -0.2) is 4.98 Å². The number of methoxy groups -OCH3 is 1. The number of aromatic nitrogens is 1. The van der Waals surface area contributed by atoms with Crippen LogP contribution in [-0.2, 0) is 27.9 Å². The van der Waals surface area contributed by atoms with Crippen LogP contribution in [0.3, 0.4) is 0 Å². The van der Waals surface area contributed by atoms with Crippen molar-refractivity contribution in [2.45, 2.75) is 26.1 Å². The third kappa shape index (κ3) is 5.77. The fourth-order valence-electron chi connectivity index (χ4n) is 2.73. The zero-order valence-corrected chi connectivity index (χ0v) is 17.5. The van der Waals surface area contributed by atoms with Gasteiger partial charge >= 0.3 is 0 Å². The van der Waals surface area contributed by atoms with E-state index < -0.39 is 10.8 Å². The molecule has 3 aromatic rings. The highest BCUT2D eigenvalue weighted by molar-refractivity contribution is 7.84. The molecule has 29 heavy (non-hydrogen) atoms. The first-order valence-corrected chi connectivity index (χ1v) is 10.7. The minimum absolute atomic E-state index is 0.0810. The maximum atomic E-state index is 12.4. The number of carbonyl (C=O) groups excluding carboxylic acids is 1. The molecule has 6 nitrogen and oxygen atoms in total. The van der Waals surface area contributed by atoms with Gasteiger partial charge in [0.15, 0.2) is 0 Å². The van der Waals surface area contributed by atoms with E-state index >= 15 is 0 Å². The Kier molecular flexibility index (Phi) is 6.82. The SMILES string of the molecule is COc1ccc(CNC(=O)C[S@](=O)Cc2nc(-c3ccc(C)cc3)oc2C)cc1. The van der Waals surface area contributed by atoms with E-state index in [-0.39, 0.29) is 17.4 Å². The molecule has 0 saturated carbocycles. The van der Waals surface area contributed by atoms with Gasteiger partial charge in [0.25, 0.3) is 0 Å². The Hall–Kier alpha value is -2.93. The van der Waals surface area contributed by atoms with Crippen molar-refractivity contribution < 1.29 is 18.2 Å². The molecule has 2 aromatic carbocycles. The van der Waals surface area contributed by atoms with Crippen molar-refractivity contribution in [2.75, 3.05) is 12.9 Å². The average molecular weight is 413 g/mol. The number of nitrogens with one attached hydrogen (secondary N) is 1. The molecule has 1 atom stereocenters. The van der Waals surface area contributed by atoms with E-state index in [0.29, 0.717) is 23.9 Å². The lowest BCUT2D eigenvalue weighted by atomic mass is 10.1. The first-order chi connectivity index (χ1) is 13.9. The number of nitrogens with zero attached hydrogens (tertiary/aromatic N) is 1. The van der Waals surface area contributed by atoms with E-state index in [1.165, 1.54) is 0 Å². The fraction of sp³-hybridized carbons (Fsp3) is 0.273. The monoisotopic (exact) mass is 412 g/mol. The number of ether oxygens (including phenoxy) is 1. The van der Waals surface area contributed by atoms with Gasteiger partial charge in [0, 0.05) is 22.9 Å². The van der Waals surface area contributed by atoms with Crippen LogP contribution >= 0.6 is 0 Å². The van der Waals surface area contributed by atoms with Crippen molar-refractivity contribution in [2.24, 2.45) is 0 Å². The molecule has 1 aromatic heterocycles. The molecular weight excluding hydrogens is 388 g/mol. The Balaban J connectivity index is 1.53. The molecule has 0 radical (unpaired) electrons. The summed E-state index contributed by atoms with van der Waals surface area (Å²) in [5, 5.41) is 2.79. The lowest BCUT2D eigenvalue weighted by Crippen LogP contribution is -2.28. The highest BCUT2D eigenvalue weighted by Gasteiger charge is 2.16. The standard InChI is InChI=1S/C22H24N2O4S/c1-15-4-8-18(9-5-15)22-24-20(16(2)28-22)13-29(26)14-21(25)23-12-17-6-10-19(27-3)11-7-17/h4-11H,12-14H2,1-3H3,(H,23,25)/t29-/m1/s1. The van der Waals surface area contributed by atoms with Crippen LogP contribution in [0.2, 0.25) is 0 Å². The predicted octanol–water partition coefficient (Wildman–Crippen LogP) is 3.53. The number of rotatable bonds is 8. The van der Waals surface area contributed by atoms with Crippen LogP contribution in [0.1, 0.15) is 22.6 Å². The second-order valence-electron chi connectivity index (χ2n) is 6.74. The molecule has 0 saturated heterocycles. The third-order valence-corrected chi connectivity index (χ3v) is 5.61. The zero-order chi connectivity index (χ0) is 20.8. The maximum absolute atomic E-state index is 12.4. The van der Waals surface area contributed by atoms with Gasteiger partial charge in [0.05, 0.1) is 18.6 Å². The van der Waals surface area contributed by atoms with Gasteiger partial charge in [-0.05, 0) is 43.7 Å². The molecule has 0 aliphatic carbocycles. The van der Waals surface area contributed by atoms with E-state index in [2.05, 4.69) is 10.3 Å². The van der Waals surface area contributed by atoms with Crippen LogP contribution in [0, 0.1) is 13.8 Å².